The van der Waals surface area contributed by atoms with E-state index in [0.29, 0.717) is 10.0 Å². The smallest absolute Gasteiger partial charge is 0.259 e. The Labute approximate surface area is 143 Å². The van der Waals surface area contributed by atoms with E-state index < -0.39 is 17.5 Å². The van der Waals surface area contributed by atoms with E-state index in [1.54, 1.807) is 25.2 Å². The molecule has 3 N–H and O–H groups in total. The number of carbonyl (C=O) groups excluding carboxylic acids is 1. The third-order valence-corrected chi connectivity index (χ3v) is 4.08. The van der Waals surface area contributed by atoms with Crippen molar-refractivity contribution >= 4 is 29.1 Å². The Morgan fingerprint density at radius 2 is 1.96 bits per heavy atom. The van der Waals surface area contributed by atoms with Gasteiger partial charge in [-0.25, -0.2) is 0 Å². The summed E-state index contributed by atoms with van der Waals surface area (Å²) in [5, 5.41) is 29.3. The number of halogens is 2. The number of nitrogens with zero attached hydrogens (tertiary/aromatic N) is 2. The standard InChI is InChI=1S/C15H16Cl2N2O4/c1-18(7-9-2-3-11(16)12(17)6-9)14(22)10-8-19(4-5-20)15(23)13(10)21/h2-3,6,8,20-21,23H,4-5,7H2,1H3. The van der Waals surface area contributed by atoms with Crippen molar-refractivity contribution in [3.05, 3.63) is 45.6 Å². The van der Waals surface area contributed by atoms with Crippen molar-refractivity contribution in [3.8, 4) is 11.6 Å². The van der Waals surface area contributed by atoms with Crippen molar-refractivity contribution in [2.45, 2.75) is 13.1 Å². The van der Waals surface area contributed by atoms with Crippen LogP contribution in [0.15, 0.2) is 24.4 Å². The van der Waals surface area contributed by atoms with Gasteiger partial charge >= 0.3 is 0 Å². The molecule has 1 aromatic carbocycles. The number of hydrogen-bond acceptors (Lipinski definition) is 4. The normalized spacial score (nSPS) is 10.8. The third-order valence-electron chi connectivity index (χ3n) is 3.35. The van der Waals surface area contributed by atoms with E-state index in [1.807, 2.05) is 0 Å². The third kappa shape index (κ3) is 3.72. The van der Waals surface area contributed by atoms with Crippen molar-refractivity contribution in [2.75, 3.05) is 13.7 Å². The molecular formula is C15H16Cl2N2O4. The quantitative estimate of drug-likeness (QED) is 0.766. The van der Waals surface area contributed by atoms with Gasteiger partial charge in [-0.1, -0.05) is 29.3 Å². The SMILES string of the molecule is CN(Cc1ccc(Cl)c(Cl)c1)C(=O)c1cn(CCO)c(O)c1O. The molecule has 8 heteroatoms. The summed E-state index contributed by atoms with van der Waals surface area (Å²) in [6.45, 7) is 0.0959. The van der Waals surface area contributed by atoms with Gasteiger partial charge in [0.05, 0.1) is 16.7 Å². The fourth-order valence-corrected chi connectivity index (χ4v) is 2.48. The van der Waals surface area contributed by atoms with Gasteiger partial charge in [0.2, 0.25) is 5.88 Å². The van der Waals surface area contributed by atoms with Crippen LogP contribution in [0.4, 0.5) is 0 Å². The number of aromatic nitrogens is 1. The van der Waals surface area contributed by atoms with Crippen molar-refractivity contribution < 1.29 is 20.1 Å². The van der Waals surface area contributed by atoms with Gasteiger partial charge in [-0.3, -0.25) is 4.79 Å². The van der Waals surface area contributed by atoms with Crippen LogP contribution in [0.5, 0.6) is 11.6 Å². The molecule has 124 valence electrons. The van der Waals surface area contributed by atoms with Crippen LogP contribution in [-0.4, -0.2) is 44.3 Å². The largest absolute Gasteiger partial charge is 0.503 e. The molecule has 0 bridgehead atoms. The van der Waals surface area contributed by atoms with E-state index in [1.165, 1.54) is 15.7 Å². The van der Waals surface area contributed by atoms with Gasteiger partial charge in [0, 0.05) is 26.3 Å². The Hall–Kier alpha value is -1.89. The Morgan fingerprint density at radius 1 is 1.26 bits per heavy atom. The molecule has 0 atom stereocenters. The predicted octanol–water partition coefficient (Wildman–Crippen LogP) is 2.47. The van der Waals surface area contributed by atoms with Crippen LogP contribution in [0, 0.1) is 0 Å². The zero-order valence-electron chi connectivity index (χ0n) is 12.3. The van der Waals surface area contributed by atoms with Crippen molar-refractivity contribution in [1.82, 2.24) is 9.47 Å². The summed E-state index contributed by atoms with van der Waals surface area (Å²) in [6, 6.07) is 5.03. The molecule has 0 spiro atoms. The Bertz CT molecular complexity index is 731. The average Bonchev–Trinajstić information content (AvgIpc) is 2.79. The van der Waals surface area contributed by atoms with E-state index in [9.17, 15) is 15.0 Å². The summed E-state index contributed by atoms with van der Waals surface area (Å²) in [5.74, 6) is -1.43. The monoisotopic (exact) mass is 358 g/mol. The molecule has 0 saturated heterocycles. The zero-order chi connectivity index (χ0) is 17.1. The number of hydrogen-bond donors (Lipinski definition) is 3. The first kappa shape index (κ1) is 17.5. The van der Waals surface area contributed by atoms with Crippen LogP contribution in [0.1, 0.15) is 15.9 Å². The van der Waals surface area contributed by atoms with Crippen LogP contribution >= 0.6 is 23.2 Å². The molecule has 1 heterocycles. The lowest BCUT2D eigenvalue weighted by atomic mass is 10.2. The van der Waals surface area contributed by atoms with Crippen LogP contribution in [0.2, 0.25) is 10.0 Å². The summed E-state index contributed by atoms with van der Waals surface area (Å²) in [4.78, 5) is 13.8. The van der Waals surface area contributed by atoms with Crippen LogP contribution in [0.3, 0.4) is 0 Å². The first-order valence-corrected chi connectivity index (χ1v) is 7.52. The van der Waals surface area contributed by atoms with Gasteiger partial charge in [0.1, 0.15) is 5.56 Å². The van der Waals surface area contributed by atoms with Crippen molar-refractivity contribution in [3.63, 3.8) is 0 Å². The van der Waals surface area contributed by atoms with E-state index in [2.05, 4.69) is 0 Å². The number of benzene rings is 1. The Morgan fingerprint density at radius 3 is 2.57 bits per heavy atom. The second-order valence-corrected chi connectivity index (χ2v) is 5.86. The lowest BCUT2D eigenvalue weighted by Crippen LogP contribution is -2.26. The number of amides is 1. The number of aromatic hydroxyl groups is 2. The molecule has 2 rings (SSSR count). The van der Waals surface area contributed by atoms with Crippen LogP contribution < -0.4 is 0 Å². The van der Waals surface area contributed by atoms with Gasteiger partial charge in [-0.05, 0) is 17.7 Å². The number of aliphatic hydroxyl groups is 1. The highest BCUT2D eigenvalue weighted by atomic mass is 35.5. The zero-order valence-corrected chi connectivity index (χ0v) is 13.8. The summed E-state index contributed by atoms with van der Waals surface area (Å²) in [5.41, 5.74) is 0.729. The summed E-state index contributed by atoms with van der Waals surface area (Å²) >= 11 is 11.8. The highest BCUT2D eigenvalue weighted by molar-refractivity contribution is 6.42. The Kier molecular flexibility index (Phi) is 5.41. The average molecular weight is 359 g/mol. The minimum atomic E-state index is -0.510. The highest BCUT2D eigenvalue weighted by Gasteiger charge is 2.23. The molecule has 6 nitrogen and oxygen atoms in total. The van der Waals surface area contributed by atoms with Gasteiger partial charge < -0.3 is 24.8 Å². The first-order chi connectivity index (χ1) is 10.8. The molecule has 1 aromatic heterocycles. The van der Waals surface area contributed by atoms with Gasteiger partial charge in [0.25, 0.3) is 5.91 Å². The van der Waals surface area contributed by atoms with Crippen LogP contribution in [0.25, 0.3) is 0 Å². The minimum Gasteiger partial charge on any atom is -0.503 e. The van der Waals surface area contributed by atoms with E-state index >= 15 is 0 Å². The van der Waals surface area contributed by atoms with E-state index in [-0.39, 0.29) is 25.3 Å². The second-order valence-electron chi connectivity index (χ2n) is 5.04. The summed E-state index contributed by atoms with van der Waals surface area (Å²) in [6.07, 6.45) is 1.30. The number of rotatable bonds is 5. The maximum atomic E-state index is 12.4. The van der Waals surface area contributed by atoms with E-state index in [0.717, 1.165) is 5.56 Å². The summed E-state index contributed by atoms with van der Waals surface area (Å²) < 4.78 is 1.20. The molecule has 0 aliphatic carbocycles. The van der Waals surface area contributed by atoms with Crippen LogP contribution in [-0.2, 0) is 13.1 Å². The van der Waals surface area contributed by atoms with Gasteiger partial charge in [0.15, 0.2) is 5.75 Å². The molecule has 0 fully saturated rings. The van der Waals surface area contributed by atoms with Crippen molar-refractivity contribution in [1.29, 1.82) is 0 Å². The van der Waals surface area contributed by atoms with E-state index in [4.69, 9.17) is 28.3 Å². The second kappa shape index (κ2) is 7.12. The predicted molar refractivity (Wildman–Crippen MR) is 87.1 cm³/mol. The summed E-state index contributed by atoms with van der Waals surface area (Å²) in [7, 11) is 1.56. The molecule has 0 aliphatic rings. The lowest BCUT2D eigenvalue weighted by molar-refractivity contribution is 0.0782. The molecule has 0 radical (unpaired) electrons. The lowest BCUT2D eigenvalue weighted by Gasteiger charge is -2.17. The van der Waals surface area contributed by atoms with Gasteiger partial charge in [-0.15, -0.1) is 0 Å². The number of aliphatic hydroxyl groups excluding tert-OH is 1. The van der Waals surface area contributed by atoms with Crippen molar-refractivity contribution in [2.24, 2.45) is 0 Å². The maximum absolute atomic E-state index is 12.4. The molecule has 2 aromatic rings. The highest BCUT2D eigenvalue weighted by Crippen LogP contribution is 2.32. The molecule has 0 unspecified atom stereocenters. The molecule has 0 saturated carbocycles. The first-order valence-electron chi connectivity index (χ1n) is 6.76. The topological polar surface area (TPSA) is 85.9 Å². The fraction of sp³-hybridized carbons (Fsp3) is 0.267. The maximum Gasteiger partial charge on any atom is 0.259 e. The van der Waals surface area contributed by atoms with Gasteiger partial charge in [-0.2, -0.15) is 0 Å². The molecule has 23 heavy (non-hydrogen) atoms. The fourth-order valence-electron chi connectivity index (χ4n) is 2.16. The minimum absolute atomic E-state index is 0.0430. The molecular weight excluding hydrogens is 343 g/mol. The molecule has 0 aliphatic heterocycles. The Balaban J connectivity index is 2.19. The number of carbonyl (C=O) groups is 1. The molecule has 1 amide bonds.